The predicted molar refractivity (Wildman–Crippen MR) is 116 cm³/mol. The van der Waals surface area contributed by atoms with Crippen molar-refractivity contribution >= 4 is 38.1 Å². The lowest BCUT2D eigenvalue weighted by molar-refractivity contribution is -0.117. The summed E-state index contributed by atoms with van der Waals surface area (Å²) in [7, 11) is -2.67. The molecule has 0 aliphatic heterocycles. The van der Waals surface area contributed by atoms with Crippen molar-refractivity contribution in [1.29, 1.82) is 0 Å². The zero-order chi connectivity index (χ0) is 24.0. The van der Waals surface area contributed by atoms with Crippen LogP contribution in [-0.2, 0) is 17.1 Å². The van der Waals surface area contributed by atoms with Gasteiger partial charge in [0.15, 0.2) is 0 Å². The van der Waals surface area contributed by atoms with Gasteiger partial charge in [0.05, 0.1) is 11.4 Å². The van der Waals surface area contributed by atoms with Crippen molar-refractivity contribution in [2.45, 2.75) is 48.5 Å². The number of aryl methyl sites for hydroxylation is 1. The van der Waals surface area contributed by atoms with Gasteiger partial charge in [-0.2, -0.15) is 5.10 Å². The number of nitrogens with one attached hydrogen (secondary N) is 1. The Morgan fingerprint density at radius 2 is 2.12 bits per heavy atom. The van der Waals surface area contributed by atoms with E-state index in [4.69, 9.17) is 16.3 Å². The lowest BCUT2D eigenvalue weighted by atomic mass is 9.73. The normalized spacial score (nSPS) is 22.8. The summed E-state index contributed by atoms with van der Waals surface area (Å²) in [5, 5.41) is 10.9. The molecule has 0 bridgehead atoms. The quantitative estimate of drug-likeness (QED) is 0.509. The standard InChI is InChI=1S/C19H19ClF3N5O3S2/c1-18(9-19(22,23)5-3-11(18)14-4-6-25-28(14)2)31-15-8-13(21)16(7-12(15)20)33(29,30)27-17-26-24-10-32-17/h4,6-8,10-11H,3,5,9H2,1-2H3,(H,26,27)/t11-,18-/m1/s1. The van der Waals surface area contributed by atoms with Crippen molar-refractivity contribution in [3.8, 4) is 5.75 Å². The summed E-state index contributed by atoms with van der Waals surface area (Å²) in [5.41, 5.74) is 0.527. The van der Waals surface area contributed by atoms with Gasteiger partial charge in [0.25, 0.3) is 15.9 Å². The van der Waals surface area contributed by atoms with Crippen LogP contribution in [0.5, 0.6) is 5.75 Å². The summed E-state index contributed by atoms with van der Waals surface area (Å²) in [5.74, 6) is -4.87. The number of nitrogens with zero attached hydrogens (tertiary/aromatic N) is 4. The van der Waals surface area contributed by atoms with E-state index in [0.29, 0.717) is 5.69 Å². The third-order valence-electron chi connectivity index (χ3n) is 5.56. The fourth-order valence-electron chi connectivity index (χ4n) is 4.11. The highest BCUT2D eigenvalue weighted by Crippen LogP contribution is 2.50. The van der Waals surface area contributed by atoms with Crippen molar-refractivity contribution in [3.63, 3.8) is 0 Å². The number of ether oxygens (including phenoxy) is 1. The molecule has 33 heavy (non-hydrogen) atoms. The van der Waals surface area contributed by atoms with Gasteiger partial charge >= 0.3 is 0 Å². The molecule has 3 aromatic rings. The smallest absolute Gasteiger partial charge is 0.266 e. The highest BCUT2D eigenvalue weighted by molar-refractivity contribution is 7.93. The van der Waals surface area contributed by atoms with Crippen molar-refractivity contribution in [2.75, 3.05) is 4.72 Å². The molecule has 0 radical (unpaired) electrons. The van der Waals surface area contributed by atoms with Crippen LogP contribution in [-0.4, -0.2) is 39.9 Å². The minimum Gasteiger partial charge on any atom is -0.485 e. The predicted octanol–water partition coefficient (Wildman–Crippen LogP) is 4.61. The minimum atomic E-state index is -4.36. The van der Waals surface area contributed by atoms with Gasteiger partial charge in [0, 0.05) is 37.3 Å². The molecule has 0 spiro atoms. The zero-order valence-corrected chi connectivity index (χ0v) is 19.8. The number of sulfonamides is 1. The van der Waals surface area contributed by atoms with E-state index in [1.165, 1.54) is 12.4 Å². The molecular formula is C19H19ClF3N5O3S2. The van der Waals surface area contributed by atoms with Crippen LogP contribution in [0.1, 0.15) is 37.8 Å². The molecule has 8 nitrogen and oxygen atoms in total. The van der Waals surface area contributed by atoms with E-state index < -0.39 is 44.6 Å². The molecular weight excluding hydrogens is 503 g/mol. The van der Waals surface area contributed by atoms with E-state index in [1.807, 2.05) is 0 Å². The molecule has 2 aromatic heterocycles. The van der Waals surface area contributed by atoms with Crippen LogP contribution in [0.2, 0.25) is 5.02 Å². The molecule has 2 heterocycles. The van der Waals surface area contributed by atoms with Crippen LogP contribution < -0.4 is 9.46 Å². The maximum Gasteiger partial charge on any atom is 0.266 e. The van der Waals surface area contributed by atoms with Crippen molar-refractivity contribution in [1.82, 2.24) is 20.0 Å². The van der Waals surface area contributed by atoms with Crippen LogP contribution in [0.3, 0.4) is 0 Å². The molecule has 1 aliphatic rings. The maximum absolute atomic E-state index is 14.9. The Balaban J connectivity index is 1.68. The fourth-order valence-corrected chi connectivity index (χ4v) is 6.16. The van der Waals surface area contributed by atoms with Gasteiger partial charge < -0.3 is 4.74 Å². The van der Waals surface area contributed by atoms with E-state index in [9.17, 15) is 21.6 Å². The van der Waals surface area contributed by atoms with Gasteiger partial charge in [-0.05, 0) is 25.5 Å². The molecule has 0 unspecified atom stereocenters. The number of rotatable bonds is 6. The summed E-state index contributed by atoms with van der Waals surface area (Å²) >= 11 is 7.14. The van der Waals surface area contributed by atoms with E-state index >= 15 is 0 Å². The molecule has 2 atom stereocenters. The first-order valence-corrected chi connectivity index (χ1v) is 12.5. The molecule has 14 heteroatoms. The average Bonchev–Trinajstić information content (AvgIpc) is 3.35. The molecule has 1 fully saturated rings. The monoisotopic (exact) mass is 521 g/mol. The van der Waals surface area contributed by atoms with Gasteiger partial charge in [-0.25, -0.2) is 21.6 Å². The summed E-state index contributed by atoms with van der Waals surface area (Å²) in [6.45, 7) is 1.51. The summed E-state index contributed by atoms with van der Waals surface area (Å²) in [6.07, 6.45) is 0.700. The second-order valence-corrected chi connectivity index (χ2v) is 10.9. The number of hydrogen-bond acceptors (Lipinski definition) is 7. The van der Waals surface area contributed by atoms with Crippen LogP contribution in [0.4, 0.5) is 18.3 Å². The largest absolute Gasteiger partial charge is 0.485 e. The van der Waals surface area contributed by atoms with Crippen LogP contribution in [0, 0.1) is 5.82 Å². The van der Waals surface area contributed by atoms with E-state index in [-0.39, 0.29) is 28.7 Å². The van der Waals surface area contributed by atoms with Crippen LogP contribution in [0.25, 0.3) is 0 Å². The van der Waals surface area contributed by atoms with Crippen LogP contribution >= 0.6 is 22.9 Å². The number of anilines is 1. The Labute approximate surface area is 196 Å². The van der Waals surface area contributed by atoms with E-state index in [1.54, 1.807) is 24.0 Å². The third-order valence-corrected chi connectivity index (χ3v) is 7.95. The Morgan fingerprint density at radius 3 is 2.76 bits per heavy atom. The number of hydrogen-bond donors (Lipinski definition) is 1. The Morgan fingerprint density at radius 1 is 1.36 bits per heavy atom. The topological polar surface area (TPSA) is 99.0 Å². The highest BCUT2D eigenvalue weighted by atomic mass is 35.5. The number of halogens is 4. The van der Waals surface area contributed by atoms with Crippen molar-refractivity contribution < 1.29 is 26.3 Å². The first-order valence-electron chi connectivity index (χ1n) is 9.73. The van der Waals surface area contributed by atoms with Crippen LogP contribution in [0.15, 0.2) is 34.8 Å². The van der Waals surface area contributed by atoms with Crippen molar-refractivity contribution in [2.24, 2.45) is 7.05 Å². The lowest BCUT2D eigenvalue weighted by Crippen LogP contribution is -2.49. The molecule has 0 amide bonds. The highest BCUT2D eigenvalue weighted by Gasteiger charge is 2.52. The molecule has 178 valence electrons. The second-order valence-electron chi connectivity index (χ2n) is 7.98. The first kappa shape index (κ1) is 23.8. The number of benzene rings is 1. The molecule has 0 saturated heterocycles. The first-order chi connectivity index (χ1) is 15.4. The summed E-state index contributed by atoms with van der Waals surface area (Å²) < 4.78 is 78.3. The zero-order valence-electron chi connectivity index (χ0n) is 17.4. The van der Waals surface area contributed by atoms with Gasteiger partial charge in [-0.15, -0.1) is 10.2 Å². The Hall–Kier alpha value is -2.38. The van der Waals surface area contributed by atoms with E-state index in [0.717, 1.165) is 23.5 Å². The van der Waals surface area contributed by atoms with Gasteiger partial charge in [-0.3, -0.25) is 9.40 Å². The molecule has 1 saturated carbocycles. The molecule has 1 aromatic carbocycles. The molecule has 1 N–H and O–H groups in total. The fraction of sp³-hybridized carbons (Fsp3) is 0.421. The summed E-state index contributed by atoms with van der Waals surface area (Å²) in [6, 6.07) is 3.38. The Bertz CT molecular complexity index is 1270. The van der Waals surface area contributed by atoms with Gasteiger partial charge in [-0.1, -0.05) is 22.9 Å². The second kappa shape index (κ2) is 8.44. The molecule has 1 aliphatic carbocycles. The van der Waals surface area contributed by atoms with Gasteiger partial charge in [0.2, 0.25) is 5.13 Å². The minimum absolute atomic E-state index is 0.0539. The van der Waals surface area contributed by atoms with Gasteiger partial charge in [0.1, 0.15) is 27.6 Å². The SMILES string of the molecule is Cn1nccc1[C@H]1CCC(F)(F)C[C@@]1(C)Oc1cc(F)c(S(=O)(=O)Nc2nncs2)cc1Cl. The maximum atomic E-state index is 14.9. The van der Waals surface area contributed by atoms with E-state index in [2.05, 4.69) is 20.0 Å². The Kier molecular flexibility index (Phi) is 6.08. The molecule has 4 rings (SSSR count). The van der Waals surface area contributed by atoms with Crippen molar-refractivity contribution in [3.05, 3.63) is 46.4 Å². The number of alkyl halides is 2. The average molecular weight is 522 g/mol. The lowest BCUT2D eigenvalue weighted by Gasteiger charge is -2.44. The third kappa shape index (κ3) is 4.80. The summed E-state index contributed by atoms with van der Waals surface area (Å²) in [4.78, 5) is -0.739. The number of aromatic nitrogens is 4.